The number of aryl methyl sites for hydroxylation is 1. The van der Waals surface area contributed by atoms with Crippen LogP contribution in [0.1, 0.15) is 5.69 Å². The second-order valence-corrected chi connectivity index (χ2v) is 6.05. The summed E-state index contributed by atoms with van der Waals surface area (Å²) in [5.41, 5.74) is 3.09. The van der Waals surface area contributed by atoms with E-state index in [1.807, 2.05) is 31.2 Å². The van der Waals surface area contributed by atoms with Crippen molar-refractivity contribution in [2.24, 2.45) is 0 Å². The number of hydrogen-bond donors (Lipinski definition) is 0. The first kappa shape index (κ1) is 14.7. The number of aromatic nitrogens is 4. The van der Waals surface area contributed by atoms with Crippen LogP contribution >= 0.6 is 0 Å². The summed E-state index contributed by atoms with van der Waals surface area (Å²) in [6, 6.07) is 7.76. The van der Waals surface area contributed by atoms with Crippen LogP contribution in [0.3, 0.4) is 0 Å². The molecule has 1 unspecified atom stereocenters. The number of hydrogen-bond acceptors (Lipinski definition) is 6. The molecular formula is C15H14N4O2S. The van der Waals surface area contributed by atoms with E-state index in [0.29, 0.717) is 11.4 Å². The number of rotatable bonds is 3. The van der Waals surface area contributed by atoms with Crippen molar-refractivity contribution in [3.05, 3.63) is 36.2 Å². The van der Waals surface area contributed by atoms with E-state index in [4.69, 9.17) is 4.74 Å². The standard InChI is InChI=1S/C15H14N4O2S/c1-9-4-5-10-6-14(21-2)11(7-12(10)17-9)13-8-16-15(19-18-13)22(3)20/h4-8H,1-3H3. The Morgan fingerprint density at radius 3 is 2.64 bits per heavy atom. The molecule has 0 radical (unpaired) electrons. The summed E-state index contributed by atoms with van der Waals surface area (Å²) in [6.45, 7) is 1.94. The first-order valence-corrected chi connectivity index (χ1v) is 8.13. The average Bonchev–Trinajstić information content (AvgIpc) is 2.53. The third-order valence-electron chi connectivity index (χ3n) is 3.22. The Morgan fingerprint density at radius 2 is 2.00 bits per heavy atom. The van der Waals surface area contributed by atoms with E-state index >= 15 is 0 Å². The van der Waals surface area contributed by atoms with Crippen molar-refractivity contribution >= 4 is 22.1 Å². The monoisotopic (exact) mass is 314 g/mol. The molecule has 3 aromatic rings. The van der Waals surface area contributed by atoms with Crippen LogP contribution in [-0.2, 0) is 11.2 Å². The molecule has 7 heteroatoms. The SMILES string of the molecule is COc1cc2ccc(C)nc2cc1-c1cnc([S+](C)[O-])nn1. The predicted molar refractivity (Wildman–Crippen MR) is 84.2 cm³/mol. The van der Waals surface area contributed by atoms with E-state index < -0.39 is 11.2 Å². The minimum Gasteiger partial charge on any atom is -0.609 e. The smallest absolute Gasteiger partial charge is 0.361 e. The number of ether oxygens (including phenoxy) is 1. The molecule has 0 amide bonds. The number of pyridine rings is 1. The zero-order valence-corrected chi connectivity index (χ0v) is 13.2. The van der Waals surface area contributed by atoms with Gasteiger partial charge in [0.15, 0.2) is 0 Å². The van der Waals surface area contributed by atoms with E-state index in [-0.39, 0.29) is 5.16 Å². The maximum Gasteiger partial charge on any atom is 0.361 e. The van der Waals surface area contributed by atoms with Gasteiger partial charge in [-0.05, 0) is 25.1 Å². The maximum absolute atomic E-state index is 11.3. The minimum absolute atomic E-state index is 0.206. The molecule has 2 heterocycles. The summed E-state index contributed by atoms with van der Waals surface area (Å²) in [4.78, 5) is 8.59. The van der Waals surface area contributed by atoms with Crippen molar-refractivity contribution in [1.29, 1.82) is 0 Å². The molecule has 0 aliphatic heterocycles. The summed E-state index contributed by atoms with van der Waals surface area (Å²) >= 11 is -1.25. The molecule has 0 saturated carbocycles. The fourth-order valence-electron chi connectivity index (χ4n) is 2.14. The van der Waals surface area contributed by atoms with E-state index in [9.17, 15) is 4.55 Å². The average molecular weight is 314 g/mol. The largest absolute Gasteiger partial charge is 0.609 e. The Bertz CT molecular complexity index is 822. The lowest BCUT2D eigenvalue weighted by atomic mass is 10.1. The summed E-state index contributed by atoms with van der Waals surface area (Å²) in [7, 11) is 1.60. The Morgan fingerprint density at radius 1 is 1.18 bits per heavy atom. The highest BCUT2D eigenvalue weighted by Crippen LogP contribution is 2.32. The van der Waals surface area contributed by atoms with Gasteiger partial charge in [0, 0.05) is 27.8 Å². The van der Waals surface area contributed by atoms with Gasteiger partial charge >= 0.3 is 5.16 Å². The molecular weight excluding hydrogens is 300 g/mol. The van der Waals surface area contributed by atoms with Crippen LogP contribution in [0.15, 0.2) is 35.6 Å². The second-order valence-electron chi connectivity index (χ2n) is 4.78. The first-order chi connectivity index (χ1) is 10.6. The first-order valence-electron chi connectivity index (χ1n) is 6.57. The van der Waals surface area contributed by atoms with Gasteiger partial charge in [-0.25, -0.2) is 0 Å². The van der Waals surface area contributed by atoms with E-state index in [0.717, 1.165) is 22.2 Å². The van der Waals surface area contributed by atoms with Crippen LogP contribution in [0.25, 0.3) is 22.2 Å². The lowest BCUT2D eigenvalue weighted by molar-refractivity contribution is 0.417. The zero-order valence-electron chi connectivity index (χ0n) is 12.4. The molecule has 0 bridgehead atoms. The molecule has 6 nitrogen and oxygen atoms in total. The van der Waals surface area contributed by atoms with Crippen LogP contribution in [0.4, 0.5) is 0 Å². The van der Waals surface area contributed by atoms with Crippen LogP contribution in [0.5, 0.6) is 5.75 Å². The maximum atomic E-state index is 11.3. The Hall–Kier alpha value is -2.25. The van der Waals surface area contributed by atoms with Crippen molar-refractivity contribution in [3.63, 3.8) is 0 Å². The Kier molecular flexibility index (Phi) is 3.91. The number of fused-ring (bicyclic) bond motifs is 1. The number of methoxy groups -OCH3 is 1. The van der Waals surface area contributed by atoms with Crippen LogP contribution < -0.4 is 4.74 Å². The quantitative estimate of drug-likeness (QED) is 0.689. The minimum atomic E-state index is -1.25. The molecule has 22 heavy (non-hydrogen) atoms. The number of benzene rings is 1. The van der Waals surface area contributed by atoms with E-state index in [1.165, 1.54) is 6.26 Å². The van der Waals surface area contributed by atoms with Gasteiger partial charge in [-0.1, -0.05) is 11.2 Å². The van der Waals surface area contributed by atoms with Gasteiger partial charge in [-0.15, -0.1) is 5.10 Å². The molecule has 0 fully saturated rings. The molecule has 0 saturated heterocycles. The van der Waals surface area contributed by atoms with E-state index in [1.54, 1.807) is 13.3 Å². The van der Waals surface area contributed by atoms with Gasteiger partial charge in [0.05, 0.1) is 18.8 Å². The molecule has 1 aromatic carbocycles. The van der Waals surface area contributed by atoms with Gasteiger partial charge in [0.25, 0.3) is 0 Å². The van der Waals surface area contributed by atoms with Crippen molar-refractivity contribution in [2.75, 3.05) is 13.4 Å². The molecule has 0 aliphatic carbocycles. The predicted octanol–water partition coefficient (Wildman–Crippen LogP) is 2.14. The van der Waals surface area contributed by atoms with Gasteiger partial charge in [0.1, 0.15) is 17.7 Å². The second kappa shape index (κ2) is 5.86. The highest BCUT2D eigenvalue weighted by molar-refractivity contribution is 7.90. The van der Waals surface area contributed by atoms with E-state index in [2.05, 4.69) is 20.2 Å². The molecule has 0 aliphatic rings. The molecule has 3 rings (SSSR count). The van der Waals surface area contributed by atoms with Crippen molar-refractivity contribution in [3.8, 4) is 17.0 Å². The fourth-order valence-corrected chi connectivity index (χ4v) is 2.50. The molecule has 2 aromatic heterocycles. The van der Waals surface area contributed by atoms with Crippen LogP contribution in [0.2, 0.25) is 0 Å². The van der Waals surface area contributed by atoms with Crippen molar-refractivity contribution in [2.45, 2.75) is 12.1 Å². The lowest BCUT2D eigenvalue weighted by Gasteiger charge is -2.10. The fraction of sp³-hybridized carbons (Fsp3) is 0.200. The van der Waals surface area contributed by atoms with Gasteiger partial charge < -0.3 is 9.29 Å². The molecule has 1 atom stereocenters. The van der Waals surface area contributed by atoms with Gasteiger partial charge in [-0.2, -0.15) is 4.98 Å². The number of nitrogens with zero attached hydrogens (tertiary/aromatic N) is 4. The summed E-state index contributed by atoms with van der Waals surface area (Å²) in [5.74, 6) is 0.666. The Labute approximate surface area is 130 Å². The highest BCUT2D eigenvalue weighted by atomic mass is 32.2. The lowest BCUT2D eigenvalue weighted by Crippen LogP contribution is -2.06. The normalized spacial score (nSPS) is 12.4. The third kappa shape index (κ3) is 2.72. The van der Waals surface area contributed by atoms with Crippen LogP contribution in [-0.4, -0.2) is 38.1 Å². The third-order valence-corrected chi connectivity index (χ3v) is 3.92. The summed E-state index contributed by atoms with van der Waals surface area (Å²) < 4.78 is 16.8. The molecule has 0 spiro atoms. The topological polar surface area (TPSA) is 83.9 Å². The Balaban J connectivity index is 2.15. The molecule has 112 valence electrons. The van der Waals surface area contributed by atoms with Gasteiger partial charge in [0.2, 0.25) is 0 Å². The summed E-state index contributed by atoms with van der Waals surface area (Å²) in [5, 5.41) is 9.18. The van der Waals surface area contributed by atoms with Crippen LogP contribution in [0, 0.1) is 6.92 Å². The van der Waals surface area contributed by atoms with Crippen molar-refractivity contribution in [1.82, 2.24) is 20.2 Å². The van der Waals surface area contributed by atoms with Crippen molar-refractivity contribution < 1.29 is 9.29 Å². The molecule has 0 N–H and O–H groups in total. The zero-order chi connectivity index (χ0) is 15.7. The highest BCUT2D eigenvalue weighted by Gasteiger charge is 2.14. The van der Waals surface area contributed by atoms with Gasteiger partial charge in [-0.3, -0.25) is 4.98 Å². The summed E-state index contributed by atoms with van der Waals surface area (Å²) in [6.07, 6.45) is 3.06.